The molecular formula is C58H61ClFN13O8. The third-order valence-corrected chi connectivity index (χ3v) is 17.1. The first kappa shape index (κ1) is 52.6. The van der Waals surface area contributed by atoms with Crippen molar-refractivity contribution >= 4 is 51.0 Å². The standard InChI is InChI=1S/C58H61ClFN13O8/c1-29(2)52(57(77)71-24-36(75)20-45(71)56(76)64-43(26-74)33-9-11-34(12-10-33)44-13-16-63-70(44)4)72-25-42(68-69-72)32-7-5-31(6-8-32)27-79-54-48(47-30(3)39(60)21-40-38(47)23-62-67-40)50(59)53-49-51(54)65-58(81-37-14-17-78-18-15-37)66-55(49)73-35-19-41(61-22-35)46(73)28-80-53/h5-13,16,21,23,25,29,35-37,41,43,45-46,52,61,74-75H,14-15,17-20,22,24,26-28H2,1-4H3,(H,62,67)(H,64,76)/t35-,36+,41-,43-,45-,46+,52-/m0/s1. The molecule has 420 valence electrons. The number of nitrogens with one attached hydrogen (secondary N) is 3. The molecule has 7 atom stereocenters. The van der Waals surface area contributed by atoms with E-state index in [9.17, 15) is 19.8 Å². The monoisotopic (exact) mass is 1120 g/mol. The molecule has 5 aliphatic heterocycles. The van der Waals surface area contributed by atoms with E-state index in [1.807, 2.05) is 75.5 Å². The number of hydrogen-bond acceptors (Lipinski definition) is 16. The number of aromatic nitrogens is 9. The second-order valence-electron chi connectivity index (χ2n) is 22.1. The number of rotatable bonds is 15. The van der Waals surface area contributed by atoms with Crippen LogP contribution in [-0.4, -0.2) is 148 Å². The maximum atomic E-state index is 16.1. The Hall–Kier alpha value is -7.76. The van der Waals surface area contributed by atoms with Crippen LogP contribution in [0, 0.1) is 18.7 Å². The summed E-state index contributed by atoms with van der Waals surface area (Å²) in [7, 11) is 1.85. The van der Waals surface area contributed by atoms with E-state index in [2.05, 4.69) is 41.1 Å². The summed E-state index contributed by atoms with van der Waals surface area (Å²) in [5, 5.41) is 49.7. The van der Waals surface area contributed by atoms with Crippen LogP contribution in [-0.2, 0) is 28.0 Å². The van der Waals surface area contributed by atoms with Gasteiger partial charge in [-0.05, 0) is 53.6 Å². The number of carbonyl (C=O) groups excluding carboxylic acids is 2. The summed E-state index contributed by atoms with van der Waals surface area (Å²) in [6.07, 6.45) is 6.25. The number of fused-ring (bicyclic) bond motifs is 7. The van der Waals surface area contributed by atoms with Crippen LogP contribution >= 0.6 is 11.6 Å². The second kappa shape index (κ2) is 21.3. The molecule has 0 aliphatic carbocycles. The highest BCUT2D eigenvalue weighted by Crippen LogP contribution is 2.55. The van der Waals surface area contributed by atoms with Gasteiger partial charge in [0.15, 0.2) is 11.5 Å². The van der Waals surface area contributed by atoms with Gasteiger partial charge in [-0.25, -0.2) is 9.07 Å². The summed E-state index contributed by atoms with van der Waals surface area (Å²) in [5.41, 5.74) is 6.57. The Kier molecular flexibility index (Phi) is 13.8. The van der Waals surface area contributed by atoms with Crippen LogP contribution in [0.3, 0.4) is 0 Å². The Morgan fingerprint density at radius 3 is 2.57 bits per heavy atom. The zero-order valence-electron chi connectivity index (χ0n) is 45.1. The molecule has 21 nitrogen and oxygen atoms in total. The fraction of sp³-hybridized carbons (Fsp3) is 0.414. The quantitative estimate of drug-likeness (QED) is 0.0747. The summed E-state index contributed by atoms with van der Waals surface area (Å²) in [6.45, 7) is 7.29. The normalized spacial score (nSPS) is 21.4. The molecule has 9 heterocycles. The first-order chi connectivity index (χ1) is 39.3. The van der Waals surface area contributed by atoms with Gasteiger partial charge in [0.25, 0.3) is 0 Å². The number of benzene rings is 4. The highest BCUT2D eigenvalue weighted by molar-refractivity contribution is 6.38. The Balaban J connectivity index is 0.787. The van der Waals surface area contributed by atoms with E-state index in [0.29, 0.717) is 105 Å². The molecule has 0 radical (unpaired) electrons. The van der Waals surface area contributed by atoms with Gasteiger partial charge in [-0.2, -0.15) is 20.2 Å². The van der Waals surface area contributed by atoms with E-state index in [1.165, 1.54) is 15.6 Å². The van der Waals surface area contributed by atoms with Crippen LogP contribution < -0.4 is 29.7 Å². The maximum Gasteiger partial charge on any atom is 0.319 e. The molecular weight excluding hydrogens is 1060 g/mol. The van der Waals surface area contributed by atoms with Crippen molar-refractivity contribution in [3.8, 4) is 51.2 Å². The van der Waals surface area contributed by atoms with Gasteiger partial charge in [0.05, 0.1) is 72.0 Å². The summed E-state index contributed by atoms with van der Waals surface area (Å²) < 4.78 is 45.3. The van der Waals surface area contributed by atoms with Crippen molar-refractivity contribution in [3.63, 3.8) is 0 Å². The number of carbonyl (C=O) groups is 2. The van der Waals surface area contributed by atoms with Gasteiger partial charge in [-0.3, -0.25) is 19.4 Å². The number of halogens is 2. The Morgan fingerprint density at radius 1 is 1.02 bits per heavy atom. The molecule has 2 amide bonds. The number of aryl methyl sites for hydroxylation is 1. The van der Waals surface area contributed by atoms with E-state index in [4.69, 9.17) is 40.5 Å². The van der Waals surface area contributed by atoms with Crippen molar-refractivity contribution in [1.82, 2.24) is 60.5 Å². The van der Waals surface area contributed by atoms with Crippen LogP contribution in [0.1, 0.15) is 68.3 Å². The average Bonchev–Trinajstić information content (AvgIpc) is 4.52. The van der Waals surface area contributed by atoms with Crippen molar-refractivity contribution in [1.29, 1.82) is 0 Å². The molecule has 4 aromatic heterocycles. The number of aliphatic hydroxyl groups excluding tert-OH is 2. The highest BCUT2D eigenvalue weighted by atomic mass is 35.5. The summed E-state index contributed by atoms with van der Waals surface area (Å²) in [4.78, 5) is 42.6. The predicted molar refractivity (Wildman–Crippen MR) is 297 cm³/mol. The second-order valence-corrected chi connectivity index (χ2v) is 22.4. The van der Waals surface area contributed by atoms with E-state index >= 15 is 4.39 Å². The number of β-amino-alcohol motifs (C(OH)–C–C–N with tert-alkyl or cyclic N) is 1. The number of hydrogen-bond donors (Lipinski definition) is 5. The van der Waals surface area contributed by atoms with Crippen LogP contribution in [0.15, 0.2) is 79.3 Å². The summed E-state index contributed by atoms with van der Waals surface area (Å²) in [5.74, 6) is -0.324. The lowest BCUT2D eigenvalue weighted by Gasteiger charge is -2.35. The number of aromatic amines is 1. The smallest absolute Gasteiger partial charge is 0.319 e. The molecule has 2 bridgehead atoms. The third-order valence-electron chi connectivity index (χ3n) is 16.7. The molecule has 5 aliphatic rings. The number of piperazine rings is 1. The third kappa shape index (κ3) is 9.45. The number of anilines is 1. The van der Waals surface area contributed by atoms with E-state index in [1.54, 1.807) is 30.2 Å². The SMILES string of the molecule is Cc1c(F)cc2[nH]ncc2c1-c1c(Cl)c2c3c(nc(OC4CCOCC4)nc3c1OCc1ccc(-c3cn([C@H](C(=O)N4C[C@H](O)C[C@H]4C(=O)N[C@@H](CO)c4ccc(-c5ccnn5C)cc4)C(C)C)nn3)cc1)N1[C@@H]3CN[C@@H](C3)[C@H]1CO2. The van der Waals surface area contributed by atoms with Gasteiger partial charge in [0, 0.05) is 79.8 Å². The van der Waals surface area contributed by atoms with Crippen molar-refractivity contribution < 1.29 is 43.1 Å². The lowest BCUT2D eigenvalue weighted by Crippen LogP contribution is -2.53. The largest absolute Gasteiger partial charge is 0.489 e. The fourth-order valence-corrected chi connectivity index (χ4v) is 12.8. The van der Waals surface area contributed by atoms with Gasteiger partial charge in [-0.15, -0.1) is 5.10 Å². The summed E-state index contributed by atoms with van der Waals surface area (Å²) in [6, 6.07) is 16.2. The molecule has 81 heavy (non-hydrogen) atoms. The molecule has 13 rings (SSSR count). The van der Waals surface area contributed by atoms with Crippen molar-refractivity contribution in [3.05, 3.63) is 107 Å². The molecule has 4 fully saturated rings. The van der Waals surface area contributed by atoms with E-state index in [0.717, 1.165) is 29.8 Å². The molecule has 8 aromatic rings. The molecule has 5 N–H and O–H groups in total. The number of aliphatic hydroxyl groups is 2. The lowest BCUT2D eigenvalue weighted by atomic mass is 9.93. The van der Waals surface area contributed by atoms with Crippen molar-refractivity contribution in [2.24, 2.45) is 13.0 Å². The Morgan fingerprint density at radius 2 is 1.81 bits per heavy atom. The number of amides is 2. The fourth-order valence-electron chi connectivity index (χ4n) is 12.5. The molecule has 0 saturated carbocycles. The topological polar surface area (TPSA) is 245 Å². The van der Waals surface area contributed by atoms with Crippen molar-refractivity contribution in [2.75, 3.05) is 44.4 Å². The molecule has 0 spiro atoms. The highest BCUT2D eigenvalue weighted by Gasteiger charge is 2.50. The number of H-pyrrole nitrogens is 1. The average molecular weight is 1120 g/mol. The Bertz CT molecular complexity index is 3700. The van der Waals surface area contributed by atoms with Crippen LogP contribution in [0.2, 0.25) is 5.02 Å². The number of ether oxygens (including phenoxy) is 4. The molecule has 4 aromatic carbocycles. The lowest BCUT2D eigenvalue weighted by molar-refractivity contribution is -0.142. The first-order valence-electron chi connectivity index (χ1n) is 27.5. The first-order valence-corrected chi connectivity index (χ1v) is 27.9. The van der Waals surface area contributed by atoms with Gasteiger partial charge < -0.3 is 49.6 Å². The maximum absolute atomic E-state index is 16.1. The van der Waals surface area contributed by atoms with Crippen LogP contribution in [0.25, 0.3) is 55.4 Å². The van der Waals surface area contributed by atoms with Crippen LogP contribution in [0.4, 0.5) is 10.2 Å². The van der Waals surface area contributed by atoms with Crippen LogP contribution in [0.5, 0.6) is 17.5 Å². The van der Waals surface area contributed by atoms with Gasteiger partial charge >= 0.3 is 6.01 Å². The minimum absolute atomic E-state index is 0.0280. The minimum atomic E-state index is -0.997. The predicted octanol–water partition coefficient (Wildman–Crippen LogP) is 6.39. The number of likely N-dealkylation sites (tertiary alicyclic amines) is 1. The van der Waals surface area contributed by atoms with E-state index in [-0.39, 0.29) is 67.4 Å². The zero-order valence-corrected chi connectivity index (χ0v) is 45.8. The minimum Gasteiger partial charge on any atom is -0.489 e. The summed E-state index contributed by atoms with van der Waals surface area (Å²) >= 11 is 7.63. The van der Waals surface area contributed by atoms with Gasteiger partial charge in [-0.1, -0.05) is 79.2 Å². The van der Waals surface area contributed by atoms with Crippen molar-refractivity contribution in [2.45, 2.75) is 102 Å². The number of nitrogens with zero attached hydrogens (tertiary/aromatic N) is 10. The zero-order chi connectivity index (χ0) is 55.8. The Labute approximate surface area is 469 Å². The van der Waals surface area contributed by atoms with Gasteiger partial charge in [0.2, 0.25) is 11.8 Å². The molecule has 4 saturated heterocycles. The molecule has 23 heteroatoms. The van der Waals surface area contributed by atoms with Gasteiger partial charge in [0.1, 0.15) is 54.2 Å². The van der Waals surface area contributed by atoms with E-state index < -0.39 is 41.9 Å². The molecule has 0 unspecified atom stereocenters.